The number of carbonyl (C=O) groups excluding carboxylic acids is 1. The van der Waals surface area contributed by atoms with Crippen LogP contribution >= 0.6 is 22.6 Å². The van der Waals surface area contributed by atoms with Gasteiger partial charge in [0.25, 0.3) is 0 Å². The number of rotatable bonds is 21. The number of esters is 1. The average molecular weight is 1390 g/mol. The highest BCUT2D eigenvalue weighted by molar-refractivity contribution is 14.1. The minimum Gasteiger partial charge on any atom is -0.432 e. The van der Waals surface area contributed by atoms with Gasteiger partial charge < -0.3 is 149 Å². The molecule has 0 aromatic rings. The standard InChI is InChI=1S/C56H91IO31/c1-20-13-55-10-6-29-53(3,8-5-9-54(29,4)52(77)87-50-44(83-46(76)23(64)12-22(63)21(2)57)42(34(68)27(17-61)81-50)84-47-39(73)36(70)31(65)24(14-58)78-47)30(55)7-11-56(20,19-55)88-51-45(86-49-41(75)38(72)33(67)26(16-60)80-49)43(35(69)28(18-62)82-51)85-48-40(74)37(71)32(66)25(15-59)79-48/h21-51,58-76H,1,5-19H2,2-4H3/t21?,22?,23?,24?,25?,26?,27?,28?,29?,30-,31?,32?,33?,34?,35?,36?,37?,38?,39?,40?,41?,42?,43?,44?,45?,46?,47?,48?,49?,50?,51?,53+,54+,55+,56-/m0/s1. The third-order valence-corrected chi connectivity index (χ3v) is 21.6. The molecule has 88 heavy (non-hydrogen) atoms. The third kappa shape index (κ3) is 13.1. The van der Waals surface area contributed by atoms with Gasteiger partial charge in [0.2, 0.25) is 6.29 Å². The molecule has 4 aliphatic carbocycles. The lowest BCUT2D eigenvalue weighted by molar-refractivity contribution is -0.400. The Morgan fingerprint density at radius 2 is 0.977 bits per heavy atom. The molecule has 4 saturated carbocycles. The average Bonchev–Trinajstić information content (AvgIpc) is 1.66. The number of fused-ring (bicyclic) bond motifs is 3. The van der Waals surface area contributed by atoms with E-state index in [0.717, 1.165) is 0 Å². The fourth-order valence-corrected chi connectivity index (χ4v) is 16.2. The molecule has 32 heteroatoms. The van der Waals surface area contributed by atoms with Crippen molar-refractivity contribution in [2.45, 2.75) is 267 Å². The maximum atomic E-state index is 15.3. The van der Waals surface area contributed by atoms with Crippen molar-refractivity contribution >= 4 is 28.6 Å². The number of hydrogen-bond donors (Lipinski definition) is 19. The highest BCUT2D eigenvalue weighted by Crippen LogP contribution is 2.74. The van der Waals surface area contributed by atoms with Crippen molar-refractivity contribution < 1.29 is 154 Å². The van der Waals surface area contributed by atoms with Crippen LogP contribution in [0.4, 0.5) is 0 Å². The maximum Gasteiger partial charge on any atom is 0.314 e. The summed E-state index contributed by atoms with van der Waals surface area (Å²) in [6, 6.07) is 0. The van der Waals surface area contributed by atoms with Gasteiger partial charge in [-0.3, -0.25) is 4.79 Å². The van der Waals surface area contributed by atoms with E-state index in [4.69, 9.17) is 52.1 Å². The number of halogens is 1. The predicted molar refractivity (Wildman–Crippen MR) is 297 cm³/mol. The zero-order valence-corrected chi connectivity index (χ0v) is 51.1. The summed E-state index contributed by atoms with van der Waals surface area (Å²) in [6.45, 7) is 5.71. The zero-order chi connectivity index (χ0) is 64.4. The van der Waals surface area contributed by atoms with Crippen molar-refractivity contribution in [3.8, 4) is 0 Å². The fourth-order valence-electron chi connectivity index (χ4n) is 15.9. The second-order valence-corrected chi connectivity index (χ2v) is 28.1. The van der Waals surface area contributed by atoms with Crippen LogP contribution in [-0.2, 0) is 56.9 Å². The van der Waals surface area contributed by atoms with Gasteiger partial charge in [-0.25, -0.2) is 0 Å². The molecule has 5 saturated heterocycles. The lowest BCUT2D eigenvalue weighted by Gasteiger charge is -2.64. The number of carbonyl (C=O) groups is 1. The number of aliphatic hydroxyl groups is 19. The summed E-state index contributed by atoms with van der Waals surface area (Å²) in [5, 5.41) is 205. The molecule has 35 atom stereocenters. The molecule has 0 aromatic heterocycles. The first kappa shape index (κ1) is 71.1. The molecule has 508 valence electrons. The predicted octanol–water partition coefficient (Wildman–Crippen LogP) is -7.01. The highest BCUT2D eigenvalue weighted by Gasteiger charge is 2.70. The van der Waals surface area contributed by atoms with Gasteiger partial charge in [0.15, 0.2) is 37.6 Å². The van der Waals surface area contributed by atoms with Crippen molar-refractivity contribution in [3.05, 3.63) is 12.2 Å². The Morgan fingerprint density at radius 3 is 1.45 bits per heavy atom. The lowest BCUT2D eigenvalue weighted by atomic mass is 9.41. The molecule has 0 amide bonds. The summed E-state index contributed by atoms with van der Waals surface area (Å²) in [5.41, 5.74) is -3.12. The van der Waals surface area contributed by atoms with Gasteiger partial charge in [-0.15, -0.1) is 0 Å². The largest absolute Gasteiger partial charge is 0.432 e. The first-order chi connectivity index (χ1) is 41.5. The van der Waals surface area contributed by atoms with Crippen LogP contribution in [-0.4, -0.2) is 318 Å². The van der Waals surface area contributed by atoms with E-state index >= 15 is 4.79 Å². The van der Waals surface area contributed by atoms with Crippen molar-refractivity contribution in [3.63, 3.8) is 0 Å². The SMILES string of the molecule is C=C1C[C@@]23CCC4[C@](C)(C(=O)OC5OC(CO)C(O)C(OC6OC(CO)C(O)C(O)C6O)C5OC(O)C(O)CC(O)C(C)I)CCC[C@@]4(C)[C@@H]2CC[C@]1(OC1OC(CO)C(O)C(OC2OC(CO)C(O)C(O)C2O)C1OC1OC(CO)C(O)C(O)C1O)C3. The van der Waals surface area contributed by atoms with Crippen LogP contribution in [0.1, 0.15) is 85.0 Å². The van der Waals surface area contributed by atoms with Crippen molar-refractivity contribution in [1.29, 1.82) is 0 Å². The summed E-state index contributed by atoms with van der Waals surface area (Å²) in [6.07, 6.45) is -47.3. The van der Waals surface area contributed by atoms with Crippen molar-refractivity contribution in [2.24, 2.45) is 28.1 Å². The third-order valence-electron chi connectivity index (χ3n) is 20.8. The summed E-state index contributed by atoms with van der Waals surface area (Å²) in [4.78, 5) is 15.3. The molecule has 1 spiro atoms. The van der Waals surface area contributed by atoms with Gasteiger partial charge in [0.05, 0.1) is 50.2 Å². The molecule has 9 aliphatic rings. The van der Waals surface area contributed by atoms with E-state index in [0.29, 0.717) is 56.9 Å². The Kier molecular flexibility index (Phi) is 22.8. The van der Waals surface area contributed by atoms with E-state index in [1.54, 1.807) is 13.8 Å². The zero-order valence-electron chi connectivity index (χ0n) is 49.0. The van der Waals surface area contributed by atoms with E-state index < -0.39 is 249 Å². The van der Waals surface area contributed by atoms with Crippen LogP contribution < -0.4 is 0 Å². The Hall–Kier alpha value is -1.22. The molecule has 0 aromatic carbocycles. The van der Waals surface area contributed by atoms with Gasteiger partial charge in [-0.2, -0.15) is 0 Å². The number of alkyl halides is 1. The Bertz CT molecular complexity index is 2330. The number of aliphatic hydroxyl groups excluding tert-OH is 19. The van der Waals surface area contributed by atoms with Gasteiger partial charge in [0.1, 0.15) is 122 Å². The minimum absolute atomic E-state index is 0.130. The summed E-state index contributed by atoms with van der Waals surface area (Å²) in [5.74, 6) is -1.35. The number of ether oxygens (including phenoxy) is 11. The molecule has 31 nitrogen and oxygen atoms in total. The number of hydrogen-bond acceptors (Lipinski definition) is 31. The molecule has 19 N–H and O–H groups in total. The van der Waals surface area contributed by atoms with Crippen LogP contribution in [0, 0.1) is 28.1 Å². The molecule has 0 radical (unpaired) electrons. The monoisotopic (exact) mass is 1390 g/mol. The molecule has 5 heterocycles. The summed E-state index contributed by atoms with van der Waals surface area (Å²) < 4.78 is 66.6. The van der Waals surface area contributed by atoms with Gasteiger partial charge in [-0.1, -0.05) is 49.4 Å². The quantitative estimate of drug-likeness (QED) is 0.0127. The molecular weight excluding hydrogens is 1300 g/mol. The van der Waals surface area contributed by atoms with Gasteiger partial charge in [0, 0.05) is 10.3 Å². The first-order valence-electron chi connectivity index (χ1n) is 30.2. The normalized spacial score (nSPS) is 51.2. The first-order valence-corrected chi connectivity index (χ1v) is 31.4. The Labute approximate surface area is 520 Å². The van der Waals surface area contributed by atoms with E-state index in [-0.39, 0.29) is 12.3 Å². The van der Waals surface area contributed by atoms with E-state index in [2.05, 4.69) is 13.5 Å². The van der Waals surface area contributed by atoms with Crippen LogP contribution in [0.2, 0.25) is 0 Å². The molecule has 9 fully saturated rings. The molecule has 9 rings (SSSR count). The van der Waals surface area contributed by atoms with Crippen molar-refractivity contribution in [1.82, 2.24) is 0 Å². The highest BCUT2D eigenvalue weighted by atomic mass is 127. The Morgan fingerprint density at radius 1 is 0.545 bits per heavy atom. The fraction of sp³-hybridized carbons (Fsp3) is 0.946. The topological polar surface area (TPSA) is 503 Å². The molecule has 5 aliphatic heterocycles. The molecule has 2 bridgehead atoms. The van der Waals surface area contributed by atoms with E-state index in [1.165, 1.54) is 0 Å². The van der Waals surface area contributed by atoms with Crippen LogP contribution in [0.15, 0.2) is 12.2 Å². The summed E-state index contributed by atoms with van der Waals surface area (Å²) in [7, 11) is 0. The van der Waals surface area contributed by atoms with Crippen LogP contribution in [0.25, 0.3) is 0 Å². The maximum absolute atomic E-state index is 15.3. The van der Waals surface area contributed by atoms with Gasteiger partial charge >= 0.3 is 5.97 Å². The van der Waals surface area contributed by atoms with Crippen molar-refractivity contribution in [2.75, 3.05) is 33.0 Å². The van der Waals surface area contributed by atoms with E-state index in [9.17, 15) is 97.0 Å². The minimum atomic E-state index is -2.19. The Balaban J connectivity index is 0.982. The smallest absolute Gasteiger partial charge is 0.314 e. The summed E-state index contributed by atoms with van der Waals surface area (Å²) >= 11 is 1.92. The molecule has 30 unspecified atom stereocenters. The van der Waals surface area contributed by atoms with Gasteiger partial charge in [-0.05, 0) is 86.5 Å². The molecular formula is C56H91IO31. The second kappa shape index (κ2) is 28.2. The van der Waals surface area contributed by atoms with E-state index in [1.807, 2.05) is 22.6 Å². The van der Waals surface area contributed by atoms with Crippen LogP contribution in [0.3, 0.4) is 0 Å². The lowest BCUT2D eigenvalue weighted by Crippen LogP contribution is -2.68. The second-order valence-electron chi connectivity index (χ2n) is 26.2. The van der Waals surface area contributed by atoms with Crippen LogP contribution in [0.5, 0.6) is 0 Å².